The third-order valence-electron chi connectivity index (χ3n) is 4.04. The van der Waals surface area contributed by atoms with Gasteiger partial charge in [0.15, 0.2) is 5.78 Å². The Balaban J connectivity index is 1.92. The minimum Gasteiger partial charge on any atom is -0.481 e. The molecule has 1 saturated heterocycles. The summed E-state index contributed by atoms with van der Waals surface area (Å²) in [5.74, 6) is -1.02. The molecule has 0 amide bonds. The van der Waals surface area contributed by atoms with Crippen molar-refractivity contribution in [2.24, 2.45) is 5.92 Å². The van der Waals surface area contributed by atoms with Crippen LogP contribution < -0.4 is 0 Å². The van der Waals surface area contributed by atoms with Gasteiger partial charge >= 0.3 is 5.97 Å². The number of nitrogens with zero attached hydrogens (tertiary/aromatic N) is 1. The molecule has 0 aromatic heterocycles. The molecular formula is C17H23NO3. The number of rotatable bonds is 6. The average molecular weight is 289 g/mol. The Morgan fingerprint density at radius 2 is 2.00 bits per heavy atom. The summed E-state index contributed by atoms with van der Waals surface area (Å²) in [6.07, 6.45) is 3.68. The zero-order valence-corrected chi connectivity index (χ0v) is 12.5. The predicted molar refractivity (Wildman–Crippen MR) is 81.6 cm³/mol. The molecule has 4 nitrogen and oxygen atoms in total. The third-order valence-corrected chi connectivity index (χ3v) is 4.04. The number of benzene rings is 1. The molecule has 1 heterocycles. The van der Waals surface area contributed by atoms with E-state index in [9.17, 15) is 9.59 Å². The molecule has 21 heavy (non-hydrogen) atoms. The monoisotopic (exact) mass is 289 g/mol. The van der Waals surface area contributed by atoms with Crippen molar-refractivity contribution in [1.82, 2.24) is 4.90 Å². The number of carbonyl (C=O) groups excluding carboxylic acids is 1. The van der Waals surface area contributed by atoms with Gasteiger partial charge in [-0.25, -0.2) is 0 Å². The van der Waals surface area contributed by atoms with Crippen LogP contribution in [0, 0.1) is 5.92 Å². The third kappa shape index (κ3) is 4.39. The van der Waals surface area contributed by atoms with Crippen molar-refractivity contribution < 1.29 is 14.7 Å². The molecule has 1 atom stereocenters. The zero-order valence-electron chi connectivity index (χ0n) is 12.5. The van der Waals surface area contributed by atoms with Crippen molar-refractivity contribution in [3.05, 3.63) is 35.4 Å². The second kappa shape index (κ2) is 7.36. The van der Waals surface area contributed by atoms with Gasteiger partial charge in [0.05, 0.1) is 12.5 Å². The fraction of sp³-hybridized carbons (Fsp3) is 0.529. The smallest absolute Gasteiger partial charge is 0.307 e. The first-order valence-electron chi connectivity index (χ1n) is 7.67. The second-order valence-corrected chi connectivity index (χ2v) is 5.78. The van der Waals surface area contributed by atoms with Gasteiger partial charge in [0.1, 0.15) is 0 Å². The van der Waals surface area contributed by atoms with E-state index in [0.717, 1.165) is 25.8 Å². The highest BCUT2D eigenvalue weighted by molar-refractivity contribution is 5.97. The number of hydrogen-bond donors (Lipinski definition) is 1. The van der Waals surface area contributed by atoms with Crippen LogP contribution in [-0.4, -0.2) is 41.4 Å². The van der Waals surface area contributed by atoms with Crippen molar-refractivity contribution in [2.45, 2.75) is 32.6 Å². The molecule has 0 radical (unpaired) electrons. The lowest BCUT2D eigenvalue weighted by Crippen LogP contribution is -2.41. The first-order valence-corrected chi connectivity index (χ1v) is 7.67. The van der Waals surface area contributed by atoms with Crippen LogP contribution in [0.2, 0.25) is 0 Å². The van der Waals surface area contributed by atoms with Crippen LogP contribution in [0.5, 0.6) is 0 Å². The minimum absolute atomic E-state index is 0.0732. The number of aryl methyl sites for hydroxylation is 1. The van der Waals surface area contributed by atoms with Crippen LogP contribution in [0.4, 0.5) is 0 Å². The number of piperidine rings is 1. The molecule has 0 aliphatic carbocycles. The molecule has 4 heteroatoms. The van der Waals surface area contributed by atoms with Gasteiger partial charge in [-0.2, -0.15) is 0 Å². The number of aliphatic carboxylic acids is 1. The average Bonchev–Trinajstić information content (AvgIpc) is 2.48. The van der Waals surface area contributed by atoms with Gasteiger partial charge in [-0.05, 0) is 31.4 Å². The van der Waals surface area contributed by atoms with Crippen molar-refractivity contribution in [3.63, 3.8) is 0 Å². The molecule has 0 saturated carbocycles. The van der Waals surface area contributed by atoms with Crippen LogP contribution in [0.1, 0.15) is 42.1 Å². The van der Waals surface area contributed by atoms with E-state index >= 15 is 0 Å². The lowest BCUT2D eigenvalue weighted by Gasteiger charge is -2.29. The van der Waals surface area contributed by atoms with Crippen molar-refractivity contribution in [3.8, 4) is 0 Å². The maximum atomic E-state index is 12.3. The summed E-state index contributed by atoms with van der Waals surface area (Å²) in [5, 5.41) is 9.08. The van der Waals surface area contributed by atoms with E-state index in [1.54, 1.807) is 0 Å². The largest absolute Gasteiger partial charge is 0.481 e. The number of hydrogen-bond acceptors (Lipinski definition) is 3. The molecular weight excluding hydrogens is 266 g/mol. The number of carbonyl (C=O) groups is 2. The SMILES string of the molecule is CCCc1ccc(C(=O)CN2CCCC(C(=O)O)C2)cc1. The number of carboxylic acids is 1. The Labute approximate surface area is 125 Å². The first-order chi connectivity index (χ1) is 10.1. The highest BCUT2D eigenvalue weighted by atomic mass is 16.4. The number of likely N-dealkylation sites (tertiary alicyclic amines) is 1. The summed E-state index contributed by atoms with van der Waals surface area (Å²) >= 11 is 0. The van der Waals surface area contributed by atoms with Crippen LogP contribution in [0.15, 0.2) is 24.3 Å². The lowest BCUT2D eigenvalue weighted by atomic mass is 9.97. The summed E-state index contributed by atoms with van der Waals surface area (Å²) in [5.41, 5.74) is 1.96. The summed E-state index contributed by atoms with van der Waals surface area (Å²) in [4.78, 5) is 25.3. The second-order valence-electron chi connectivity index (χ2n) is 5.78. The summed E-state index contributed by atoms with van der Waals surface area (Å²) in [6.45, 7) is 3.74. The van der Waals surface area contributed by atoms with Gasteiger partial charge in [-0.15, -0.1) is 0 Å². The number of ketones is 1. The van der Waals surface area contributed by atoms with Gasteiger partial charge in [0, 0.05) is 12.1 Å². The normalized spacial score (nSPS) is 19.4. The topological polar surface area (TPSA) is 57.6 Å². The highest BCUT2D eigenvalue weighted by Crippen LogP contribution is 2.17. The van der Waals surface area contributed by atoms with Crippen molar-refractivity contribution >= 4 is 11.8 Å². The molecule has 1 aliphatic rings. The van der Waals surface area contributed by atoms with E-state index in [2.05, 4.69) is 6.92 Å². The quantitative estimate of drug-likeness (QED) is 0.818. The molecule has 1 aliphatic heterocycles. The molecule has 0 bridgehead atoms. The number of carboxylic acid groups (broad SMARTS) is 1. The van der Waals surface area contributed by atoms with Crippen LogP contribution in [0.3, 0.4) is 0 Å². The van der Waals surface area contributed by atoms with E-state index in [1.807, 2.05) is 29.2 Å². The van der Waals surface area contributed by atoms with Crippen LogP contribution in [0.25, 0.3) is 0 Å². The van der Waals surface area contributed by atoms with E-state index in [0.29, 0.717) is 25.1 Å². The summed E-state index contributed by atoms with van der Waals surface area (Å²) in [7, 11) is 0. The molecule has 1 aromatic carbocycles. The van der Waals surface area contributed by atoms with Crippen molar-refractivity contribution in [1.29, 1.82) is 0 Å². The molecule has 1 unspecified atom stereocenters. The van der Waals surface area contributed by atoms with Gasteiger partial charge in [-0.1, -0.05) is 37.6 Å². The highest BCUT2D eigenvalue weighted by Gasteiger charge is 2.26. The van der Waals surface area contributed by atoms with E-state index in [1.165, 1.54) is 5.56 Å². The van der Waals surface area contributed by atoms with E-state index in [4.69, 9.17) is 5.11 Å². The standard InChI is InChI=1S/C17H23NO3/c1-2-4-13-6-8-14(9-7-13)16(19)12-18-10-3-5-15(11-18)17(20)21/h6-9,15H,2-5,10-12H2,1H3,(H,20,21). The zero-order chi connectivity index (χ0) is 15.2. The van der Waals surface area contributed by atoms with E-state index in [-0.39, 0.29) is 11.7 Å². The van der Waals surface area contributed by atoms with Gasteiger partial charge < -0.3 is 5.11 Å². The Bertz CT molecular complexity index is 495. The van der Waals surface area contributed by atoms with Gasteiger partial charge in [0.2, 0.25) is 0 Å². The summed E-state index contributed by atoms with van der Waals surface area (Å²) < 4.78 is 0. The van der Waals surface area contributed by atoms with Crippen LogP contribution >= 0.6 is 0 Å². The lowest BCUT2D eigenvalue weighted by molar-refractivity contribution is -0.143. The maximum absolute atomic E-state index is 12.3. The van der Waals surface area contributed by atoms with Gasteiger partial charge in [0.25, 0.3) is 0 Å². The summed E-state index contributed by atoms with van der Waals surface area (Å²) in [6, 6.07) is 7.78. The Hall–Kier alpha value is -1.68. The molecule has 1 N–H and O–H groups in total. The van der Waals surface area contributed by atoms with Gasteiger partial charge in [-0.3, -0.25) is 14.5 Å². The molecule has 0 spiro atoms. The number of Topliss-reactive ketones (excluding diaryl/α,β-unsaturated/α-hetero) is 1. The fourth-order valence-corrected chi connectivity index (χ4v) is 2.84. The molecule has 2 rings (SSSR count). The minimum atomic E-state index is -0.754. The first kappa shape index (κ1) is 15.7. The van der Waals surface area contributed by atoms with Crippen molar-refractivity contribution in [2.75, 3.05) is 19.6 Å². The molecule has 114 valence electrons. The van der Waals surface area contributed by atoms with Crippen LogP contribution in [-0.2, 0) is 11.2 Å². The Morgan fingerprint density at radius 1 is 1.29 bits per heavy atom. The predicted octanol–water partition coefficient (Wildman–Crippen LogP) is 2.62. The maximum Gasteiger partial charge on any atom is 0.307 e. The fourth-order valence-electron chi connectivity index (χ4n) is 2.84. The molecule has 1 aromatic rings. The van der Waals surface area contributed by atoms with E-state index < -0.39 is 5.97 Å². The molecule has 1 fully saturated rings. The Kier molecular flexibility index (Phi) is 5.51. The Morgan fingerprint density at radius 3 is 2.62 bits per heavy atom.